The number of nitro groups is 1. The van der Waals surface area contributed by atoms with Gasteiger partial charge >= 0.3 is 0 Å². The molecule has 2 aromatic carbocycles. The second-order valence-electron chi connectivity index (χ2n) is 8.32. The van der Waals surface area contributed by atoms with Crippen LogP contribution in [0.2, 0.25) is 5.02 Å². The SMILES string of the molecule is C[C@@H](C(=O)N(Cc1nnc(-c2ccc(Cl)cc2)o1)C1CC1)N1C(=O)c2cccc([N+](=O)[O-])c2C1=O. The maximum Gasteiger partial charge on any atom is 0.282 e. The van der Waals surface area contributed by atoms with E-state index in [1.807, 2.05) is 0 Å². The number of fused-ring (bicyclic) bond motifs is 1. The lowest BCUT2D eigenvalue weighted by atomic mass is 10.1. The molecular formula is C23H18ClN5O6. The summed E-state index contributed by atoms with van der Waals surface area (Å²) < 4.78 is 5.73. The van der Waals surface area contributed by atoms with Crippen LogP contribution >= 0.6 is 11.6 Å². The van der Waals surface area contributed by atoms with Gasteiger partial charge in [-0.2, -0.15) is 0 Å². The third-order valence-electron chi connectivity index (χ3n) is 6.00. The third-order valence-corrected chi connectivity index (χ3v) is 6.25. The van der Waals surface area contributed by atoms with Crippen LogP contribution in [0.1, 0.15) is 46.4 Å². The number of hydrogen-bond donors (Lipinski definition) is 0. The lowest BCUT2D eigenvalue weighted by Crippen LogP contribution is -2.49. The van der Waals surface area contributed by atoms with E-state index in [2.05, 4.69) is 10.2 Å². The molecule has 12 heteroatoms. The van der Waals surface area contributed by atoms with Crippen molar-refractivity contribution in [3.05, 3.63) is 74.6 Å². The molecule has 0 spiro atoms. The van der Waals surface area contributed by atoms with Crippen molar-refractivity contribution in [3.8, 4) is 11.5 Å². The van der Waals surface area contributed by atoms with Crippen LogP contribution in [0.3, 0.4) is 0 Å². The highest BCUT2D eigenvalue weighted by Crippen LogP contribution is 2.34. The Hall–Kier alpha value is -4.12. The second-order valence-corrected chi connectivity index (χ2v) is 8.75. The standard InChI is InChI=1S/C23H18ClN5O6/c1-12(28-22(31)16-3-2-4-17(29(33)34)19(16)23(28)32)21(30)27(15-9-10-15)11-18-25-26-20(35-18)13-5-7-14(24)8-6-13/h2-8,12,15H,9-11H2,1H3/t12-/m0/s1. The van der Waals surface area contributed by atoms with E-state index < -0.39 is 34.4 Å². The van der Waals surface area contributed by atoms with E-state index >= 15 is 0 Å². The summed E-state index contributed by atoms with van der Waals surface area (Å²) in [6.07, 6.45) is 1.51. The number of rotatable bonds is 7. The summed E-state index contributed by atoms with van der Waals surface area (Å²) in [5.41, 5.74) is -0.197. The van der Waals surface area contributed by atoms with Crippen LogP contribution in [0.15, 0.2) is 46.9 Å². The van der Waals surface area contributed by atoms with Crippen LogP contribution in [0, 0.1) is 10.1 Å². The second kappa shape index (κ2) is 8.58. The van der Waals surface area contributed by atoms with E-state index in [1.165, 1.54) is 24.0 Å². The van der Waals surface area contributed by atoms with Gasteiger partial charge in [0.1, 0.15) is 11.6 Å². The highest BCUT2D eigenvalue weighted by Gasteiger charge is 2.47. The quantitative estimate of drug-likeness (QED) is 0.275. The minimum Gasteiger partial charge on any atom is -0.419 e. The number of nitrogens with zero attached hydrogens (tertiary/aromatic N) is 5. The first-order valence-corrected chi connectivity index (χ1v) is 11.2. The predicted molar refractivity (Wildman–Crippen MR) is 121 cm³/mol. The van der Waals surface area contributed by atoms with Crippen molar-refractivity contribution < 1.29 is 23.7 Å². The molecule has 1 aliphatic heterocycles. The molecule has 1 atom stereocenters. The number of halogens is 1. The zero-order valence-electron chi connectivity index (χ0n) is 18.4. The van der Waals surface area contributed by atoms with Crippen LogP contribution in [0.4, 0.5) is 5.69 Å². The maximum atomic E-state index is 13.4. The molecule has 2 heterocycles. The Bertz CT molecular complexity index is 1370. The highest BCUT2D eigenvalue weighted by atomic mass is 35.5. The Kier molecular flexibility index (Phi) is 5.56. The van der Waals surface area contributed by atoms with Gasteiger partial charge in [0, 0.05) is 22.7 Å². The first kappa shape index (κ1) is 22.7. The van der Waals surface area contributed by atoms with Crippen LogP contribution in [-0.2, 0) is 11.3 Å². The fourth-order valence-electron chi connectivity index (χ4n) is 4.09. The van der Waals surface area contributed by atoms with Crippen LogP contribution < -0.4 is 0 Å². The van der Waals surface area contributed by atoms with E-state index in [4.69, 9.17) is 16.0 Å². The summed E-state index contributed by atoms with van der Waals surface area (Å²) in [4.78, 5) is 52.3. The number of imide groups is 1. The predicted octanol–water partition coefficient (Wildman–Crippen LogP) is 3.47. The first-order chi connectivity index (χ1) is 16.8. The number of benzene rings is 2. The number of carbonyl (C=O) groups is 3. The van der Waals surface area contributed by atoms with Crippen LogP contribution in [0.5, 0.6) is 0 Å². The van der Waals surface area contributed by atoms with Gasteiger partial charge in [-0.05, 0) is 50.1 Å². The molecule has 3 amide bonds. The molecule has 178 valence electrons. The highest BCUT2D eigenvalue weighted by molar-refractivity contribution is 6.30. The lowest BCUT2D eigenvalue weighted by molar-refractivity contribution is -0.385. The number of aromatic nitrogens is 2. The van der Waals surface area contributed by atoms with Gasteiger partial charge in [-0.25, -0.2) is 0 Å². The van der Waals surface area contributed by atoms with Crippen molar-refractivity contribution >= 4 is 35.0 Å². The summed E-state index contributed by atoms with van der Waals surface area (Å²) in [5, 5.41) is 20.0. The maximum absolute atomic E-state index is 13.4. The summed E-state index contributed by atoms with van der Waals surface area (Å²) in [6, 6.07) is 9.40. The molecule has 3 aromatic rings. The van der Waals surface area contributed by atoms with Gasteiger partial charge < -0.3 is 9.32 Å². The van der Waals surface area contributed by atoms with E-state index in [-0.39, 0.29) is 35.5 Å². The van der Waals surface area contributed by atoms with E-state index in [0.29, 0.717) is 10.6 Å². The zero-order valence-corrected chi connectivity index (χ0v) is 19.1. The van der Waals surface area contributed by atoms with Crippen molar-refractivity contribution in [2.45, 2.75) is 38.4 Å². The molecule has 0 bridgehead atoms. The molecule has 1 aliphatic carbocycles. The third kappa shape index (κ3) is 4.03. The van der Waals surface area contributed by atoms with Crippen molar-refractivity contribution in [3.63, 3.8) is 0 Å². The molecule has 0 radical (unpaired) electrons. The topological polar surface area (TPSA) is 140 Å². The molecule has 0 N–H and O–H groups in total. The average molecular weight is 496 g/mol. The molecule has 2 aliphatic rings. The smallest absolute Gasteiger partial charge is 0.282 e. The van der Waals surface area contributed by atoms with E-state index in [0.717, 1.165) is 23.8 Å². The van der Waals surface area contributed by atoms with E-state index in [1.54, 1.807) is 24.3 Å². The van der Waals surface area contributed by atoms with Crippen molar-refractivity contribution in [1.29, 1.82) is 0 Å². The van der Waals surface area contributed by atoms with Gasteiger partial charge in [0.2, 0.25) is 17.7 Å². The molecule has 1 saturated carbocycles. The molecule has 35 heavy (non-hydrogen) atoms. The molecule has 1 aromatic heterocycles. The van der Waals surface area contributed by atoms with Crippen LogP contribution in [-0.4, -0.2) is 54.7 Å². The monoisotopic (exact) mass is 495 g/mol. The summed E-state index contributed by atoms with van der Waals surface area (Å²) >= 11 is 5.91. The minimum atomic E-state index is -1.18. The van der Waals surface area contributed by atoms with Gasteiger partial charge in [0.25, 0.3) is 17.5 Å². The number of hydrogen-bond acceptors (Lipinski definition) is 8. The molecule has 0 saturated heterocycles. The average Bonchev–Trinajstić information content (AvgIpc) is 3.52. The fraction of sp³-hybridized carbons (Fsp3) is 0.261. The summed E-state index contributed by atoms with van der Waals surface area (Å²) in [6.45, 7) is 1.43. The number of amides is 3. The van der Waals surface area contributed by atoms with Gasteiger partial charge in [-0.15, -0.1) is 10.2 Å². The summed E-state index contributed by atoms with van der Waals surface area (Å²) in [7, 11) is 0. The Morgan fingerprint density at radius 2 is 1.91 bits per heavy atom. The van der Waals surface area contributed by atoms with Gasteiger partial charge in [0.05, 0.1) is 17.0 Å². The van der Waals surface area contributed by atoms with Crippen LogP contribution in [0.25, 0.3) is 11.5 Å². The largest absolute Gasteiger partial charge is 0.419 e. The molecular weight excluding hydrogens is 478 g/mol. The molecule has 0 unspecified atom stereocenters. The molecule has 1 fully saturated rings. The van der Waals surface area contributed by atoms with Gasteiger partial charge in [-0.3, -0.25) is 29.4 Å². The zero-order chi connectivity index (χ0) is 24.9. The number of carbonyl (C=O) groups excluding carboxylic acids is 3. The Labute approximate surface area is 203 Å². The Balaban J connectivity index is 1.37. The normalized spacial score (nSPS) is 15.8. The molecule has 11 nitrogen and oxygen atoms in total. The Morgan fingerprint density at radius 1 is 1.20 bits per heavy atom. The Morgan fingerprint density at radius 3 is 2.57 bits per heavy atom. The van der Waals surface area contributed by atoms with Gasteiger partial charge in [-0.1, -0.05) is 17.7 Å². The summed E-state index contributed by atoms with van der Waals surface area (Å²) in [5.74, 6) is -1.64. The lowest BCUT2D eigenvalue weighted by Gasteiger charge is -2.28. The van der Waals surface area contributed by atoms with Crippen molar-refractivity contribution in [2.75, 3.05) is 0 Å². The number of nitro benzene ring substituents is 1. The van der Waals surface area contributed by atoms with Crippen molar-refractivity contribution in [2.24, 2.45) is 0 Å². The van der Waals surface area contributed by atoms with E-state index in [9.17, 15) is 24.5 Å². The fourth-order valence-corrected chi connectivity index (χ4v) is 4.21. The van der Waals surface area contributed by atoms with Crippen molar-refractivity contribution in [1.82, 2.24) is 20.0 Å². The minimum absolute atomic E-state index is 0.00224. The van der Waals surface area contributed by atoms with Gasteiger partial charge in [0.15, 0.2) is 0 Å². The molecule has 5 rings (SSSR count). The first-order valence-electron chi connectivity index (χ1n) is 10.8.